The topological polar surface area (TPSA) is 93.0 Å². The summed E-state index contributed by atoms with van der Waals surface area (Å²) in [6.07, 6.45) is 2.96. The van der Waals surface area contributed by atoms with Crippen LogP contribution >= 0.6 is 0 Å². The zero-order valence-electron chi connectivity index (χ0n) is 16.6. The number of anilines is 1. The highest BCUT2D eigenvalue weighted by molar-refractivity contribution is 5.97. The van der Waals surface area contributed by atoms with Crippen LogP contribution in [0.2, 0.25) is 0 Å². The number of methoxy groups -OCH3 is 2. The van der Waals surface area contributed by atoms with E-state index in [0.29, 0.717) is 18.6 Å². The lowest BCUT2D eigenvalue weighted by Crippen LogP contribution is -2.37. The highest BCUT2D eigenvalue weighted by Gasteiger charge is 2.37. The molecule has 2 N–H and O–H groups in total. The minimum atomic E-state index is -1.32. The van der Waals surface area contributed by atoms with Crippen molar-refractivity contribution >= 4 is 22.6 Å². The number of benzene rings is 1. The minimum Gasteiger partial charge on any atom is -0.492 e. The highest BCUT2D eigenvalue weighted by atomic mass is 19.1. The molecule has 2 fully saturated rings. The van der Waals surface area contributed by atoms with Gasteiger partial charge in [-0.1, -0.05) is 0 Å². The second kappa shape index (κ2) is 7.31. The van der Waals surface area contributed by atoms with Crippen molar-refractivity contribution in [2.45, 2.75) is 31.0 Å². The maximum absolute atomic E-state index is 15.3. The van der Waals surface area contributed by atoms with E-state index in [1.165, 1.54) is 13.3 Å². The fraction of sp³-hybridized carbons (Fsp3) is 0.500. The second-order valence-electron chi connectivity index (χ2n) is 7.53. The molecule has 1 aromatic carbocycles. The fourth-order valence-corrected chi connectivity index (χ4v) is 4.20. The van der Waals surface area contributed by atoms with Crippen LogP contribution in [0.5, 0.6) is 5.75 Å². The lowest BCUT2D eigenvalue weighted by atomic mass is 10.1. The Labute approximate surface area is 166 Å². The van der Waals surface area contributed by atoms with Crippen molar-refractivity contribution in [2.75, 3.05) is 39.3 Å². The Morgan fingerprint density at radius 3 is 2.55 bits per heavy atom. The molecule has 2 atom stereocenters. The van der Waals surface area contributed by atoms with Crippen LogP contribution in [-0.2, 0) is 4.74 Å². The summed E-state index contributed by atoms with van der Waals surface area (Å²) >= 11 is 0. The molecule has 2 heterocycles. The first kappa shape index (κ1) is 19.7. The van der Waals surface area contributed by atoms with Gasteiger partial charge in [-0.2, -0.15) is 0 Å². The van der Waals surface area contributed by atoms with Gasteiger partial charge >= 0.3 is 5.97 Å². The Morgan fingerprint density at radius 1 is 1.31 bits per heavy atom. The summed E-state index contributed by atoms with van der Waals surface area (Å²) in [6, 6.07) is 1.22. The van der Waals surface area contributed by atoms with E-state index >= 15 is 4.39 Å². The van der Waals surface area contributed by atoms with Crippen molar-refractivity contribution in [1.82, 2.24) is 9.88 Å². The number of aromatic carboxylic acids is 1. The third-order valence-corrected chi connectivity index (χ3v) is 5.83. The molecule has 0 amide bonds. The Balaban J connectivity index is 1.97. The Kier molecular flexibility index (Phi) is 4.95. The predicted octanol–water partition coefficient (Wildman–Crippen LogP) is 1.61. The fourth-order valence-electron chi connectivity index (χ4n) is 4.20. The smallest absolute Gasteiger partial charge is 0.341 e. The molecule has 1 saturated carbocycles. The monoisotopic (exact) mass is 405 g/mol. The lowest BCUT2D eigenvalue weighted by Gasteiger charge is -2.24. The van der Waals surface area contributed by atoms with E-state index in [0.717, 1.165) is 18.9 Å². The summed E-state index contributed by atoms with van der Waals surface area (Å²) in [4.78, 5) is 26.1. The van der Waals surface area contributed by atoms with Crippen molar-refractivity contribution in [3.8, 4) is 5.75 Å². The van der Waals surface area contributed by atoms with Gasteiger partial charge in [0.15, 0.2) is 11.6 Å². The number of nitrogens with one attached hydrogen (secondary N) is 1. The molecule has 1 aliphatic heterocycles. The number of likely N-dealkylation sites (N-methyl/N-ethyl adjacent to an activating group) is 1. The molecule has 9 heteroatoms. The van der Waals surface area contributed by atoms with Crippen LogP contribution < -0.4 is 20.4 Å². The number of hydrogen-bond donors (Lipinski definition) is 2. The molecule has 0 spiro atoms. The van der Waals surface area contributed by atoms with Crippen LogP contribution in [0.4, 0.5) is 10.1 Å². The number of aromatic nitrogens is 1. The quantitative estimate of drug-likeness (QED) is 0.754. The maximum atomic E-state index is 15.3. The van der Waals surface area contributed by atoms with Crippen LogP contribution in [-0.4, -0.2) is 62.1 Å². The zero-order chi connectivity index (χ0) is 20.9. The standard InChI is InChI=1S/C20H24FN3O5/c1-22-14-8-23(9-15(14)28-2)17-13(21)6-11-16(19(17)29-3)24(10-4-5-10)7-12(18(11)25)20(26)27/h6-7,10,14-15,22H,4-5,8-9H2,1-3H3,(H,26,27)/t14-,15+/m0/s1. The van der Waals surface area contributed by atoms with Crippen LogP contribution in [0.3, 0.4) is 0 Å². The minimum absolute atomic E-state index is 0.0137. The Hall–Kier alpha value is -2.65. The van der Waals surface area contributed by atoms with Gasteiger partial charge in [-0.15, -0.1) is 0 Å². The van der Waals surface area contributed by atoms with Gasteiger partial charge in [-0.3, -0.25) is 4.79 Å². The van der Waals surface area contributed by atoms with Crippen molar-refractivity contribution in [3.63, 3.8) is 0 Å². The largest absolute Gasteiger partial charge is 0.492 e. The van der Waals surface area contributed by atoms with Gasteiger partial charge in [0.2, 0.25) is 5.43 Å². The van der Waals surface area contributed by atoms with Gasteiger partial charge in [0.1, 0.15) is 11.3 Å². The van der Waals surface area contributed by atoms with Crippen LogP contribution in [0.15, 0.2) is 17.1 Å². The third-order valence-electron chi connectivity index (χ3n) is 5.83. The van der Waals surface area contributed by atoms with E-state index in [4.69, 9.17) is 9.47 Å². The first-order valence-corrected chi connectivity index (χ1v) is 9.54. The molecule has 2 aromatic rings. The normalized spacial score (nSPS) is 21.7. The summed E-state index contributed by atoms with van der Waals surface area (Å²) in [5, 5.41) is 12.6. The number of rotatable bonds is 6. The Bertz CT molecular complexity index is 1020. The Morgan fingerprint density at radius 2 is 2.03 bits per heavy atom. The van der Waals surface area contributed by atoms with E-state index in [9.17, 15) is 14.7 Å². The summed E-state index contributed by atoms with van der Waals surface area (Å²) < 4.78 is 28.1. The van der Waals surface area contributed by atoms with E-state index < -0.39 is 17.2 Å². The molecule has 1 saturated heterocycles. The number of fused-ring (bicyclic) bond motifs is 1. The summed E-state index contributed by atoms with van der Waals surface area (Å²) in [5.74, 6) is -1.70. The summed E-state index contributed by atoms with van der Waals surface area (Å²) in [7, 11) is 4.88. The molecule has 156 valence electrons. The van der Waals surface area contributed by atoms with Crippen LogP contribution in [0.25, 0.3) is 10.9 Å². The maximum Gasteiger partial charge on any atom is 0.341 e. The van der Waals surface area contributed by atoms with Crippen molar-refractivity contribution < 1.29 is 23.8 Å². The first-order chi connectivity index (χ1) is 13.9. The molecule has 4 rings (SSSR count). The number of pyridine rings is 1. The molecule has 0 radical (unpaired) electrons. The molecule has 8 nitrogen and oxygen atoms in total. The molecular formula is C20H24FN3O5. The van der Waals surface area contributed by atoms with Gasteiger partial charge in [0.05, 0.1) is 30.2 Å². The molecule has 0 bridgehead atoms. The van der Waals surface area contributed by atoms with E-state index in [1.807, 2.05) is 11.9 Å². The van der Waals surface area contributed by atoms with Gasteiger partial charge in [-0.05, 0) is 26.0 Å². The number of carbonyl (C=O) groups is 1. The van der Waals surface area contributed by atoms with Gasteiger partial charge in [-0.25, -0.2) is 9.18 Å². The number of hydrogen-bond acceptors (Lipinski definition) is 6. The number of ether oxygens (including phenoxy) is 2. The third kappa shape index (κ3) is 3.14. The zero-order valence-corrected chi connectivity index (χ0v) is 16.6. The number of carboxylic acid groups (broad SMARTS) is 1. The van der Waals surface area contributed by atoms with Crippen molar-refractivity contribution in [2.24, 2.45) is 0 Å². The lowest BCUT2D eigenvalue weighted by molar-refractivity contribution is 0.0694. The van der Waals surface area contributed by atoms with Crippen LogP contribution in [0, 0.1) is 5.82 Å². The molecule has 2 aliphatic rings. The van der Waals surface area contributed by atoms with Gasteiger partial charge in [0.25, 0.3) is 0 Å². The van der Waals surface area contributed by atoms with E-state index in [2.05, 4.69) is 5.32 Å². The number of nitrogens with zero attached hydrogens (tertiary/aromatic N) is 2. The van der Waals surface area contributed by atoms with Crippen LogP contribution in [0.1, 0.15) is 29.2 Å². The first-order valence-electron chi connectivity index (χ1n) is 9.54. The van der Waals surface area contributed by atoms with E-state index in [-0.39, 0.29) is 40.6 Å². The number of carboxylic acids is 1. The van der Waals surface area contributed by atoms with Gasteiger partial charge in [0, 0.05) is 32.4 Å². The second-order valence-corrected chi connectivity index (χ2v) is 7.53. The molecule has 1 aromatic heterocycles. The molecule has 29 heavy (non-hydrogen) atoms. The summed E-state index contributed by atoms with van der Waals surface area (Å²) in [5.41, 5.74) is -0.383. The molecule has 1 aliphatic carbocycles. The number of halogens is 1. The highest BCUT2D eigenvalue weighted by Crippen LogP contribution is 2.44. The van der Waals surface area contributed by atoms with Crippen molar-refractivity contribution in [1.29, 1.82) is 0 Å². The van der Waals surface area contributed by atoms with E-state index in [1.54, 1.807) is 11.7 Å². The molecule has 0 unspecified atom stereocenters. The SMILES string of the molecule is CN[C@H]1CN(c2c(F)cc3c(=O)c(C(=O)O)cn(C4CC4)c3c2OC)C[C@H]1OC. The van der Waals surface area contributed by atoms with Crippen molar-refractivity contribution in [3.05, 3.63) is 33.9 Å². The van der Waals surface area contributed by atoms with Gasteiger partial charge < -0.3 is 29.4 Å². The predicted molar refractivity (Wildman–Crippen MR) is 106 cm³/mol. The molecular weight excluding hydrogens is 381 g/mol. The summed E-state index contributed by atoms with van der Waals surface area (Å²) in [6.45, 7) is 0.969. The average Bonchev–Trinajstić information content (AvgIpc) is 3.46. The average molecular weight is 405 g/mol.